The molecule has 0 radical (unpaired) electrons. The normalized spacial score (nSPS) is 11.2. The third-order valence-electron chi connectivity index (χ3n) is 3.90. The Kier molecular flexibility index (Phi) is 3.99. The van der Waals surface area contributed by atoms with Crippen LogP contribution in [0.1, 0.15) is 25.0 Å². The number of aromatic amines is 1. The Morgan fingerprint density at radius 1 is 1.00 bits per heavy atom. The van der Waals surface area contributed by atoms with Gasteiger partial charge in [0.05, 0.1) is 24.2 Å². The van der Waals surface area contributed by atoms with Crippen LogP contribution in [0.15, 0.2) is 30.3 Å². The van der Waals surface area contributed by atoms with E-state index in [4.69, 9.17) is 14.5 Å². The van der Waals surface area contributed by atoms with Gasteiger partial charge in [-0.3, -0.25) is 0 Å². The fourth-order valence-electron chi connectivity index (χ4n) is 2.58. The monoisotopic (exact) mass is 310 g/mol. The molecule has 0 bridgehead atoms. The lowest BCUT2D eigenvalue weighted by Crippen LogP contribution is -2.06. The molecule has 120 valence electrons. The van der Waals surface area contributed by atoms with Gasteiger partial charge in [-0.1, -0.05) is 0 Å². The number of hydrogen-bond acceptors (Lipinski definition) is 3. The summed E-state index contributed by atoms with van der Waals surface area (Å²) in [6.07, 6.45) is 0.0834. The summed E-state index contributed by atoms with van der Waals surface area (Å²) >= 11 is 0. The van der Waals surface area contributed by atoms with Crippen molar-refractivity contribution in [1.82, 2.24) is 9.97 Å². The molecule has 4 nitrogen and oxygen atoms in total. The van der Waals surface area contributed by atoms with Gasteiger partial charge in [0.2, 0.25) is 0 Å². The summed E-state index contributed by atoms with van der Waals surface area (Å²) in [5, 5.41) is 0. The van der Waals surface area contributed by atoms with Crippen LogP contribution in [0.25, 0.3) is 22.4 Å². The van der Waals surface area contributed by atoms with Gasteiger partial charge in [0, 0.05) is 5.56 Å². The van der Waals surface area contributed by atoms with Crippen molar-refractivity contribution in [3.8, 4) is 22.9 Å². The molecule has 2 aromatic carbocycles. The number of fused-ring (bicyclic) bond motifs is 1. The number of imidazole rings is 1. The molecule has 0 aliphatic carbocycles. The number of methoxy groups -OCH3 is 1. The van der Waals surface area contributed by atoms with Crippen LogP contribution in [0, 0.1) is 13.8 Å². The maximum absolute atomic E-state index is 5.84. The van der Waals surface area contributed by atoms with Gasteiger partial charge in [0.25, 0.3) is 0 Å². The fourth-order valence-corrected chi connectivity index (χ4v) is 2.58. The third-order valence-corrected chi connectivity index (χ3v) is 3.90. The number of H-pyrrole nitrogens is 1. The molecule has 1 N–H and O–H groups in total. The first-order chi connectivity index (χ1) is 11.0. The van der Waals surface area contributed by atoms with Crippen molar-refractivity contribution in [2.45, 2.75) is 33.8 Å². The van der Waals surface area contributed by atoms with E-state index in [0.29, 0.717) is 0 Å². The van der Waals surface area contributed by atoms with Gasteiger partial charge in [0.1, 0.15) is 5.82 Å². The van der Waals surface area contributed by atoms with E-state index in [9.17, 15) is 0 Å². The van der Waals surface area contributed by atoms with E-state index in [1.165, 1.54) is 11.1 Å². The first-order valence-corrected chi connectivity index (χ1v) is 7.80. The van der Waals surface area contributed by atoms with Crippen LogP contribution < -0.4 is 9.47 Å². The lowest BCUT2D eigenvalue weighted by molar-refractivity contribution is 0.230. The van der Waals surface area contributed by atoms with Gasteiger partial charge in [-0.25, -0.2) is 4.98 Å². The average molecular weight is 310 g/mol. The molecule has 0 spiro atoms. The molecule has 0 unspecified atom stereocenters. The quantitative estimate of drug-likeness (QED) is 0.763. The summed E-state index contributed by atoms with van der Waals surface area (Å²) in [5.74, 6) is 2.29. The van der Waals surface area contributed by atoms with E-state index < -0.39 is 0 Å². The number of aromatic nitrogens is 2. The van der Waals surface area contributed by atoms with Crippen molar-refractivity contribution in [2.24, 2.45) is 0 Å². The van der Waals surface area contributed by atoms with Gasteiger partial charge in [0.15, 0.2) is 11.5 Å². The third kappa shape index (κ3) is 3.02. The molecule has 3 rings (SSSR count). The predicted octanol–water partition coefficient (Wildman–Crippen LogP) is 4.64. The van der Waals surface area contributed by atoms with Crippen molar-refractivity contribution >= 4 is 11.0 Å². The zero-order valence-corrected chi connectivity index (χ0v) is 14.2. The molecular formula is C19H22N2O2. The average Bonchev–Trinajstić information content (AvgIpc) is 2.90. The lowest BCUT2D eigenvalue weighted by atomic mass is 10.1. The Balaban J connectivity index is 2.07. The standard InChI is InChI=1S/C19H22N2O2/c1-11(2)23-18-10-14(6-7-17(18)22-5)19-20-15-8-12(3)13(4)9-16(15)21-19/h6-11H,1-5H3,(H,20,21). The number of aryl methyl sites for hydroxylation is 2. The molecule has 1 aromatic heterocycles. The minimum absolute atomic E-state index is 0.0834. The van der Waals surface area contributed by atoms with E-state index in [1.807, 2.05) is 32.0 Å². The zero-order valence-electron chi connectivity index (χ0n) is 14.2. The molecule has 4 heteroatoms. The van der Waals surface area contributed by atoms with Crippen molar-refractivity contribution in [3.63, 3.8) is 0 Å². The van der Waals surface area contributed by atoms with Gasteiger partial charge in [-0.15, -0.1) is 0 Å². The first kappa shape index (κ1) is 15.4. The highest BCUT2D eigenvalue weighted by atomic mass is 16.5. The minimum atomic E-state index is 0.0834. The highest BCUT2D eigenvalue weighted by Gasteiger charge is 2.12. The summed E-state index contributed by atoms with van der Waals surface area (Å²) in [5.41, 5.74) is 5.50. The number of benzene rings is 2. The van der Waals surface area contributed by atoms with E-state index in [1.54, 1.807) is 7.11 Å². The van der Waals surface area contributed by atoms with Crippen molar-refractivity contribution in [2.75, 3.05) is 7.11 Å². The lowest BCUT2D eigenvalue weighted by Gasteiger charge is -2.14. The summed E-state index contributed by atoms with van der Waals surface area (Å²) in [6, 6.07) is 10.1. The number of nitrogens with one attached hydrogen (secondary N) is 1. The van der Waals surface area contributed by atoms with Crippen LogP contribution in [-0.2, 0) is 0 Å². The Labute approximate surface area is 136 Å². The van der Waals surface area contributed by atoms with E-state index in [0.717, 1.165) is 33.9 Å². The van der Waals surface area contributed by atoms with Crippen LogP contribution in [0.4, 0.5) is 0 Å². The number of nitrogens with zero attached hydrogens (tertiary/aromatic N) is 1. The van der Waals surface area contributed by atoms with Crippen LogP contribution in [0.2, 0.25) is 0 Å². The molecule has 23 heavy (non-hydrogen) atoms. The number of hydrogen-bond donors (Lipinski definition) is 1. The molecule has 3 aromatic rings. The maximum atomic E-state index is 5.84. The Morgan fingerprint density at radius 3 is 2.43 bits per heavy atom. The molecule has 0 aliphatic heterocycles. The molecule has 0 saturated heterocycles. The Bertz CT molecular complexity index is 811. The zero-order chi connectivity index (χ0) is 16.6. The molecule has 0 saturated carbocycles. The second-order valence-corrected chi connectivity index (χ2v) is 6.07. The summed E-state index contributed by atoms with van der Waals surface area (Å²) in [4.78, 5) is 8.10. The minimum Gasteiger partial charge on any atom is -0.493 e. The fraction of sp³-hybridized carbons (Fsp3) is 0.316. The second kappa shape index (κ2) is 5.95. The van der Waals surface area contributed by atoms with Crippen LogP contribution in [0.3, 0.4) is 0 Å². The second-order valence-electron chi connectivity index (χ2n) is 6.07. The Morgan fingerprint density at radius 2 is 1.74 bits per heavy atom. The molecule has 0 aliphatic rings. The molecule has 0 atom stereocenters. The van der Waals surface area contributed by atoms with Gasteiger partial charge < -0.3 is 14.5 Å². The summed E-state index contributed by atoms with van der Waals surface area (Å²) in [6.45, 7) is 8.21. The summed E-state index contributed by atoms with van der Waals surface area (Å²) in [7, 11) is 1.65. The van der Waals surface area contributed by atoms with E-state index in [2.05, 4.69) is 31.0 Å². The molecule has 0 fully saturated rings. The number of rotatable bonds is 4. The highest BCUT2D eigenvalue weighted by molar-refractivity contribution is 5.81. The van der Waals surface area contributed by atoms with E-state index >= 15 is 0 Å². The van der Waals surface area contributed by atoms with Crippen molar-refractivity contribution < 1.29 is 9.47 Å². The van der Waals surface area contributed by atoms with Crippen molar-refractivity contribution in [3.05, 3.63) is 41.5 Å². The van der Waals surface area contributed by atoms with Crippen molar-refractivity contribution in [1.29, 1.82) is 0 Å². The van der Waals surface area contributed by atoms with Crippen LogP contribution in [0.5, 0.6) is 11.5 Å². The molecular weight excluding hydrogens is 288 g/mol. The summed E-state index contributed by atoms with van der Waals surface area (Å²) < 4.78 is 11.2. The topological polar surface area (TPSA) is 47.1 Å². The predicted molar refractivity (Wildman–Crippen MR) is 93.3 cm³/mol. The maximum Gasteiger partial charge on any atom is 0.162 e. The van der Waals surface area contributed by atoms with Gasteiger partial charge in [-0.05, 0) is 69.2 Å². The SMILES string of the molecule is COc1ccc(-c2nc3cc(C)c(C)cc3[nH]2)cc1OC(C)C. The van der Waals surface area contributed by atoms with E-state index in [-0.39, 0.29) is 6.10 Å². The van der Waals surface area contributed by atoms with Crippen LogP contribution >= 0.6 is 0 Å². The van der Waals surface area contributed by atoms with Crippen LogP contribution in [-0.4, -0.2) is 23.2 Å². The van der Waals surface area contributed by atoms with Gasteiger partial charge >= 0.3 is 0 Å². The number of ether oxygens (including phenoxy) is 2. The Hall–Kier alpha value is -2.49. The largest absolute Gasteiger partial charge is 0.493 e. The molecule has 0 amide bonds. The highest BCUT2D eigenvalue weighted by Crippen LogP contribution is 2.33. The first-order valence-electron chi connectivity index (χ1n) is 7.80. The van der Waals surface area contributed by atoms with Gasteiger partial charge in [-0.2, -0.15) is 0 Å². The smallest absolute Gasteiger partial charge is 0.162 e. The molecule has 1 heterocycles.